The molecule has 1 aliphatic rings. The van der Waals surface area contributed by atoms with Crippen molar-refractivity contribution in [2.75, 3.05) is 5.32 Å². The van der Waals surface area contributed by atoms with Gasteiger partial charge < -0.3 is 10.2 Å². The van der Waals surface area contributed by atoms with E-state index in [-0.39, 0.29) is 11.9 Å². The Balaban J connectivity index is 2.04. The highest BCUT2D eigenvalue weighted by Gasteiger charge is 2.31. The average Bonchev–Trinajstić information content (AvgIpc) is 2.38. The molecular formula is C17H26N2O. The third-order valence-corrected chi connectivity index (χ3v) is 4.22. The van der Waals surface area contributed by atoms with Crippen molar-refractivity contribution in [3.8, 4) is 0 Å². The molecular weight excluding hydrogens is 248 g/mol. The second kappa shape index (κ2) is 6.29. The zero-order valence-corrected chi connectivity index (χ0v) is 13.0. The quantitative estimate of drug-likeness (QED) is 0.913. The Morgan fingerprint density at radius 2 is 1.95 bits per heavy atom. The van der Waals surface area contributed by atoms with Crippen LogP contribution in [0.5, 0.6) is 0 Å². The van der Waals surface area contributed by atoms with Crippen LogP contribution in [0, 0.1) is 6.92 Å². The van der Waals surface area contributed by atoms with E-state index in [4.69, 9.17) is 0 Å². The van der Waals surface area contributed by atoms with Crippen LogP contribution in [0.2, 0.25) is 0 Å². The Hall–Kier alpha value is -1.51. The number of hydrogen-bond donors (Lipinski definition) is 1. The van der Waals surface area contributed by atoms with Crippen LogP contribution in [0.15, 0.2) is 24.3 Å². The van der Waals surface area contributed by atoms with E-state index in [2.05, 4.69) is 43.1 Å². The van der Waals surface area contributed by atoms with Crippen molar-refractivity contribution in [2.45, 2.75) is 65.1 Å². The first kappa shape index (κ1) is 14.9. The molecule has 0 bridgehead atoms. The number of piperidine rings is 1. The molecule has 1 amide bonds. The van der Waals surface area contributed by atoms with Gasteiger partial charge in [-0.25, -0.2) is 0 Å². The second-order valence-corrected chi connectivity index (χ2v) is 6.11. The Morgan fingerprint density at radius 3 is 2.55 bits per heavy atom. The van der Waals surface area contributed by atoms with Crippen LogP contribution >= 0.6 is 0 Å². The van der Waals surface area contributed by atoms with Crippen LogP contribution in [-0.2, 0) is 4.79 Å². The molecule has 0 aliphatic carbocycles. The lowest BCUT2D eigenvalue weighted by atomic mass is 9.96. The summed E-state index contributed by atoms with van der Waals surface area (Å²) in [5.74, 6) is 0.214. The second-order valence-electron chi connectivity index (χ2n) is 6.11. The van der Waals surface area contributed by atoms with E-state index in [1.807, 2.05) is 19.1 Å². The molecule has 3 nitrogen and oxygen atoms in total. The van der Waals surface area contributed by atoms with Crippen LogP contribution in [0.25, 0.3) is 0 Å². The van der Waals surface area contributed by atoms with E-state index in [1.165, 1.54) is 12.0 Å². The summed E-state index contributed by atoms with van der Waals surface area (Å²) < 4.78 is 0. The summed E-state index contributed by atoms with van der Waals surface area (Å²) in [6, 6.07) is 8.70. The molecule has 110 valence electrons. The molecule has 0 saturated carbocycles. The number of benzene rings is 1. The molecule has 1 aliphatic heterocycles. The van der Waals surface area contributed by atoms with Gasteiger partial charge in [0.2, 0.25) is 5.91 Å². The Morgan fingerprint density at radius 1 is 1.30 bits per heavy atom. The first-order chi connectivity index (χ1) is 9.49. The highest BCUT2D eigenvalue weighted by Crippen LogP contribution is 2.24. The van der Waals surface area contributed by atoms with Crippen molar-refractivity contribution in [1.82, 2.24) is 4.90 Å². The third kappa shape index (κ3) is 3.33. The number of amides is 1. The van der Waals surface area contributed by atoms with Gasteiger partial charge in [0.1, 0.15) is 6.04 Å². The minimum atomic E-state index is -0.181. The molecule has 1 aromatic rings. The molecule has 0 radical (unpaired) electrons. The Labute approximate surface area is 122 Å². The molecule has 1 heterocycles. The molecule has 2 rings (SSSR count). The number of nitrogens with zero attached hydrogens (tertiary/aromatic N) is 1. The molecule has 3 unspecified atom stereocenters. The van der Waals surface area contributed by atoms with E-state index >= 15 is 0 Å². The van der Waals surface area contributed by atoms with E-state index in [1.54, 1.807) is 0 Å². The van der Waals surface area contributed by atoms with Crippen LogP contribution in [0.4, 0.5) is 5.69 Å². The number of aryl methyl sites for hydroxylation is 1. The Bertz CT molecular complexity index is 462. The van der Waals surface area contributed by atoms with Gasteiger partial charge in [0.05, 0.1) is 0 Å². The minimum absolute atomic E-state index is 0.181. The van der Waals surface area contributed by atoms with E-state index in [9.17, 15) is 4.79 Å². The highest BCUT2D eigenvalue weighted by molar-refractivity contribution is 5.85. The lowest BCUT2D eigenvalue weighted by Gasteiger charge is -2.40. The maximum Gasteiger partial charge on any atom is 0.245 e. The fourth-order valence-electron chi connectivity index (χ4n) is 3.13. The summed E-state index contributed by atoms with van der Waals surface area (Å²) in [4.78, 5) is 14.7. The Kier molecular flexibility index (Phi) is 4.69. The van der Waals surface area contributed by atoms with Crippen molar-refractivity contribution >= 4 is 11.6 Å². The van der Waals surface area contributed by atoms with Gasteiger partial charge in [-0.05, 0) is 64.7 Å². The lowest BCUT2D eigenvalue weighted by molar-refractivity contribution is -0.137. The predicted octanol–water partition coefficient (Wildman–Crippen LogP) is 3.58. The van der Waals surface area contributed by atoms with Crippen LogP contribution < -0.4 is 5.32 Å². The number of rotatable bonds is 3. The van der Waals surface area contributed by atoms with Gasteiger partial charge in [-0.3, -0.25) is 4.79 Å². The SMILES string of the molecule is Cc1cccc(NC(C)C(=O)N2C(C)CCCC2C)c1. The van der Waals surface area contributed by atoms with Gasteiger partial charge in [-0.15, -0.1) is 0 Å². The molecule has 1 saturated heterocycles. The van der Waals surface area contributed by atoms with Crippen molar-refractivity contribution in [3.63, 3.8) is 0 Å². The average molecular weight is 274 g/mol. The van der Waals surface area contributed by atoms with Gasteiger partial charge in [0, 0.05) is 17.8 Å². The van der Waals surface area contributed by atoms with Gasteiger partial charge in [0.25, 0.3) is 0 Å². The number of hydrogen-bond acceptors (Lipinski definition) is 2. The molecule has 20 heavy (non-hydrogen) atoms. The summed E-state index contributed by atoms with van der Waals surface area (Å²) >= 11 is 0. The molecule has 0 spiro atoms. The highest BCUT2D eigenvalue weighted by atomic mass is 16.2. The van der Waals surface area contributed by atoms with Gasteiger partial charge in [-0.2, -0.15) is 0 Å². The summed E-state index contributed by atoms with van der Waals surface area (Å²) in [5, 5.41) is 3.33. The zero-order chi connectivity index (χ0) is 14.7. The number of carbonyl (C=O) groups is 1. The maximum atomic E-state index is 12.7. The van der Waals surface area contributed by atoms with Gasteiger partial charge in [-0.1, -0.05) is 12.1 Å². The number of nitrogens with one attached hydrogen (secondary N) is 1. The summed E-state index contributed by atoms with van der Waals surface area (Å²) in [7, 11) is 0. The zero-order valence-electron chi connectivity index (χ0n) is 13.0. The number of carbonyl (C=O) groups excluding carboxylic acids is 1. The number of likely N-dealkylation sites (tertiary alicyclic amines) is 1. The van der Waals surface area contributed by atoms with Gasteiger partial charge >= 0.3 is 0 Å². The largest absolute Gasteiger partial charge is 0.374 e. The first-order valence-electron chi connectivity index (χ1n) is 7.64. The fourth-order valence-corrected chi connectivity index (χ4v) is 3.13. The van der Waals surface area contributed by atoms with Crippen LogP contribution in [-0.4, -0.2) is 28.9 Å². The van der Waals surface area contributed by atoms with E-state index in [0.717, 1.165) is 18.5 Å². The molecule has 0 aromatic heterocycles. The number of anilines is 1. The van der Waals surface area contributed by atoms with Gasteiger partial charge in [0.15, 0.2) is 0 Å². The van der Waals surface area contributed by atoms with E-state index < -0.39 is 0 Å². The molecule has 1 aromatic carbocycles. The molecule has 1 N–H and O–H groups in total. The van der Waals surface area contributed by atoms with Crippen LogP contribution in [0.3, 0.4) is 0 Å². The van der Waals surface area contributed by atoms with Crippen molar-refractivity contribution < 1.29 is 4.79 Å². The lowest BCUT2D eigenvalue weighted by Crippen LogP contribution is -2.52. The molecule has 1 fully saturated rings. The maximum absolute atomic E-state index is 12.7. The van der Waals surface area contributed by atoms with E-state index in [0.29, 0.717) is 12.1 Å². The third-order valence-electron chi connectivity index (χ3n) is 4.22. The monoisotopic (exact) mass is 274 g/mol. The minimum Gasteiger partial charge on any atom is -0.374 e. The van der Waals surface area contributed by atoms with Crippen molar-refractivity contribution in [1.29, 1.82) is 0 Å². The van der Waals surface area contributed by atoms with Crippen molar-refractivity contribution in [3.05, 3.63) is 29.8 Å². The first-order valence-corrected chi connectivity index (χ1v) is 7.64. The summed E-state index contributed by atoms with van der Waals surface area (Å²) in [6.07, 6.45) is 3.46. The normalized spacial score (nSPS) is 24.3. The summed E-state index contributed by atoms with van der Waals surface area (Å²) in [6.45, 7) is 8.34. The molecule has 3 atom stereocenters. The topological polar surface area (TPSA) is 32.3 Å². The molecule has 3 heteroatoms. The smallest absolute Gasteiger partial charge is 0.245 e. The fraction of sp³-hybridized carbons (Fsp3) is 0.588. The van der Waals surface area contributed by atoms with Crippen molar-refractivity contribution in [2.24, 2.45) is 0 Å². The summed E-state index contributed by atoms with van der Waals surface area (Å²) in [5.41, 5.74) is 2.22. The standard InChI is InChI=1S/C17H26N2O/c1-12-7-5-10-16(11-12)18-15(4)17(20)19-13(2)8-6-9-14(19)3/h5,7,10-11,13-15,18H,6,8-9H2,1-4H3. The predicted molar refractivity (Wildman–Crippen MR) is 83.9 cm³/mol. The van der Waals surface area contributed by atoms with Crippen LogP contribution in [0.1, 0.15) is 45.6 Å².